The topological polar surface area (TPSA) is 23.5 Å². The van der Waals surface area contributed by atoms with E-state index in [0.717, 1.165) is 13.1 Å². The molecule has 0 amide bonds. The van der Waals surface area contributed by atoms with Crippen LogP contribution in [0.3, 0.4) is 0 Å². The Bertz CT molecular complexity index is 298. The first-order valence-electron chi connectivity index (χ1n) is 5.60. The highest BCUT2D eigenvalue weighted by Crippen LogP contribution is 2.20. The predicted molar refractivity (Wildman–Crippen MR) is 63.9 cm³/mol. The Hall–Kier alpha value is -0.860. The lowest BCUT2D eigenvalue weighted by atomic mass is 10.0. The Morgan fingerprint density at radius 3 is 2.67 bits per heavy atom. The minimum Gasteiger partial charge on any atom is -0.395 e. The fourth-order valence-electron chi connectivity index (χ4n) is 1.89. The summed E-state index contributed by atoms with van der Waals surface area (Å²) in [4.78, 5) is 2.27. The number of aliphatic hydroxyl groups excluding tert-OH is 1. The number of hydrogen-bond acceptors (Lipinski definition) is 2. The number of aryl methyl sites for hydroxylation is 1. The summed E-state index contributed by atoms with van der Waals surface area (Å²) in [6, 6.07) is 8.94. The van der Waals surface area contributed by atoms with E-state index < -0.39 is 0 Å². The summed E-state index contributed by atoms with van der Waals surface area (Å²) in [7, 11) is 0. The van der Waals surface area contributed by atoms with Crippen molar-refractivity contribution in [2.75, 3.05) is 19.7 Å². The number of nitrogens with zero attached hydrogens (tertiary/aromatic N) is 1. The van der Waals surface area contributed by atoms with E-state index in [0.29, 0.717) is 6.04 Å². The van der Waals surface area contributed by atoms with Crippen LogP contribution < -0.4 is 0 Å². The Morgan fingerprint density at radius 2 is 2.13 bits per heavy atom. The lowest BCUT2D eigenvalue weighted by molar-refractivity contribution is 0.165. The van der Waals surface area contributed by atoms with Gasteiger partial charge in [-0.1, -0.05) is 36.8 Å². The number of rotatable bonds is 5. The van der Waals surface area contributed by atoms with Gasteiger partial charge in [0.15, 0.2) is 0 Å². The summed E-state index contributed by atoms with van der Waals surface area (Å²) in [6.45, 7) is 8.36. The second-order valence-electron chi connectivity index (χ2n) is 3.94. The van der Waals surface area contributed by atoms with Crippen LogP contribution in [-0.4, -0.2) is 29.7 Å². The molecule has 2 heteroatoms. The highest BCUT2D eigenvalue weighted by Gasteiger charge is 2.12. The molecular weight excluding hydrogens is 186 g/mol. The third-order valence-electron chi connectivity index (χ3n) is 2.87. The summed E-state index contributed by atoms with van der Waals surface area (Å²) >= 11 is 0. The van der Waals surface area contributed by atoms with Crippen molar-refractivity contribution in [1.29, 1.82) is 0 Å². The van der Waals surface area contributed by atoms with Crippen LogP contribution in [0.4, 0.5) is 0 Å². The summed E-state index contributed by atoms with van der Waals surface area (Å²) < 4.78 is 0. The molecule has 1 N–H and O–H groups in total. The van der Waals surface area contributed by atoms with Gasteiger partial charge in [0.1, 0.15) is 0 Å². The highest BCUT2D eigenvalue weighted by atomic mass is 16.3. The smallest absolute Gasteiger partial charge is 0.0558 e. The molecule has 1 rings (SSSR count). The average molecular weight is 207 g/mol. The van der Waals surface area contributed by atoms with E-state index in [1.54, 1.807) is 0 Å². The van der Waals surface area contributed by atoms with E-state index in [4.69, 9.17) is 5.11 Å². The number of aliphatic hydroxyl groups is 1. The second-order valence-corrected chi connectivity index (χ2v) is 3.94. The fraction of sp³-hybridized carbons (Fsp3) is 0.538. The molecule has 0 aliphatic heterocycles. The van der Waals surface area contributed by atoms with Crippen molar-refractivity contribution in [3.8, 4) is 0 Å². The van der Waals surface area contributed by atoms with E-state index in [1.807, 2.05) is 0 Å². The van der Waals surface area contributed by atoms with E-state index in [2.05, 4.69) is 49.9 Å². The van der Waals surface area contributed by atoms with Crippen molar-refractivity contribution in [3.63, 3.8) is 0 Å². The van der Waals surface area contributed by atoms with E-state index in [-0.39, 0.29) is 6.61 Å². The zero-order valence-corrected chi connectivity index (χ0v) is 9.90. The van der Waals surface area contributed by atoms with Gasteiger partial charge >= 0.3 is 0 Å². The molecule has 0 aliphatic carbocycles. The molecule has 0 bridgehead atoms. The van der Waals surface area contributed by atoms with Crippen molar-refractivity contribution in [1.82, 2.24) is 4.90 Å². The minimum atomic E-state index is 0.226. The molecule has 84 valence electrons. The lowest BCUT2D eigenvalue weighted by Crippen LogP contribution is -2.29. The molecule has 0 saturated carbocycles. The maximum atomic E-state index is 8.98. The summed E-state index contributed by atoms with van der Waals surface area (Å²) in [5.41, 5.74) is 2.62. The third kappa shape index (κ3) is 3.33. The average Bonchev–Trinajstić information content (AvgIpc) is 2.25. The lowest BCUT2D eigenvalue weighted by Gasteiger charge is -2.27. The highest BCUT2D eigenvalue weighted by molar-refractivity contribution is 5.24. The third-order valence-corrected chi connectivity index (χ3v) is 2.87. The number of likely N-dealkylation sites (N-methyl/N-ethyl adjacent to an activating group) is 1. The van der Waals surface area contributed by atoms with Crippen LogP contribution in [0.5, 0.6) is 0 Å². The van der Waals surface area contributed by atoms with Crippen LogP contribution in [0.1, 0.15) is 31.0 Å². The van der Waals surface area contributed by atoms with Crippen LogP contribution >= 0.6 is 0 Å². The van der Waals surface area contributed by atoms with E-state index >= 15 is 0 Å². The molecular formula is C13H21NO. The SMILES string of the molecule is CCN(CCO)C(C)c1cccc(C)c1. The van der Waals surface area contributed by atoms with Crippen molar-refractivity contribution in [3.05, 3.63) is 35.4 Å². The quantitative estimate of drug-likeness (QED) is 0.801. The molecule has 1 atom stereocenters. The first-order chi connectivity index (χ1) is 7.19. The summed E-state index contributed by atoms with van der Waals surface area (Å²) in [5, 5.41) is 8.98. The Balaban J connectivity index is 2.77. The monoisotopic (exact) mass is 207 g/mol. The van der Waals surface area contributed by atoms with Crippen LogP contribution in [0.15, 0.2) is 24.3 Å². The molecule has 0 aliphatic rings. The van der Waals surface area contributed by atoms with E-state index in [1.165, 1.54) is 11.1 Å². The van der Waals surface area contributed by atoms with Gasteiger partial charge in [0.25, 0.3) is 0 Å². The fourth-order valence-corrected chi connectivity index (χ4v) is 1.89. The Kier molecular flexibility index (Phi) is 4.79. The molecule has 1 aromatic carbocycles. The molecule has 0 radical (unpaired) electrons. The van der Waals surface area contributed by atoms with Gasteiger partial charge in [0, 0.05) is 12.6 Å². The van der Waals surface area contributed by atoms with Gasteiger partial charge < -0.3 is 5.11 Å². The van der Waals surface area contributed by atoms with Gasteiger partial charge in [-0.25, -0.2) is 0 Å². The van der Waals surface area contributed by atoms with Gasteiger partial charge in [-0.15, -0.1) is 0 Å². The second kappa shape index (κ2) is 5.89. The van der Waals surface area contributed by atoms with E-state index in [9.17, 15) is 0 Å². The molecule has 0 spiro atoms. The number of benzene rings is 1. The van der Waals surface area contributed by atoms with Crippen LogP contribution in [0, 0.1) is 6.92 Å². The van der Waals surface area contributed by atoms with Crippen LogP contribution in [0.2, 0.25) is 0 Å². The first-order valence-corrected chi connectivity index (χ1v) is 5.60. The van der Waals surface area contributed by atoms with Gasteiger partial charge in [0.2, 0.25) is 0 Å². The first kappa shape index (κ1) is 12.2. The molecule has 15 heavy (non-hydrogen) atoms. The molecule has 0 saturated heterocycles. The summed E-state index contributed by atoms with van der Waals surface area (Å²) in [5.74, 6) is 0. The molecule has 2 nitrogen and oxygen atoms in total. The van der Waals surface area contributed by atoms with Gasteiger partial charge in [-0.3, -0.25) is 4.90 Å². The van der Waals surface area contributed by atoms with Gasteiger partial charge in [0.05, 0.1) is 6.61 Å². The predicted octanol–water partition coefficient (Wildman–Crippen LogP) is 2.37. The van der Waals surface area contributed by atoms with Crippen LogP contribution in [0.25, 0.3) is 0 Å². The van der Waals surface area contributed by atoms with Crippen molar-refractivity contribution in [2.45, 2.75) is 26.8 Å². The molecule has 1 aromatic rings. The Labute approximate surface area is 92.5 Å². The molecule has 1 unspecified atom stereocenters. The standard InChI is InChI=1S/C13H21NO/c1-4-14(8-9-15)12(3)13-7-5-6-11(2)10-13/h5-7,10,12,15H,4,8-9H2,1-3H3. The minimum absolute atomic E-state index is 0.226. The number of hydrogen-bond donors (Lipinski definition) is 1. The maximum absolute atomic E-state index is 8.98. The van der Waals surface area contributed by atoms with Gasteiger partial charge in [-0.2, -0.15) is 0 Å². The normalized spacial score (nSPS) is 13.1. The zero-order chi connectivity index (χ0) is 11.3. The molecule has 0 heterocycles. The Morgan fingerprint density at radius 1 is 1.40 bits per heavy atom. The molecule has 0 aromatic heterocycles. The van der Waals surface area contributed by atoms with Crippen molar-refractivity contribution in [2.24, 2.45) is 0 Å². The zero-order valence-electron chi connectivity index (χ0n) is 9.90. The maximum Gasteiger partial charge on any atom is 0.0558 e. The summed E-state index contributed by atoms with van der Waals surface area (Å²) in [6.07, 6.45) is 0. The van der Waals surface area contributed by atoms with Crippen molar-refractivity contribution >= 4 is 0 Å². The van der Waals surface area contributed by atoms with Crippen LogP contribution in [-0.2, 0) is 0 Å². The van der Waals surface area contributed by atoms with Crippen molar-refractivity contribution < 1.29 is 5.11 Å². The molecule has 0 fully saturated rings. The van der Waals surface area contributed by atoms with Gasteiger partial charge in [-0.05, 0) is 26.0 Å². The largest absolute Gasteiger partial charge is 0.395 e.